The molecule has 0 radical (unpaired) electrons. The minimum Gasteiger partial charge on any atom is -0.371 e. The van der Waals surface area contributed by atoms with Crippen molar-refractivity contribution in [1.82, 2.24) is 5.06 Å². The lowest BCUT2D eigenvalue weighted by Crippen LogP contribution is -2.49. The number of anilines is 1. The molecule has 164 valence electrons. The molecule has 0 aliphatic carbocycles. The number of fused-ring (bicyclic) bond motifs is 1. The van der Waals surface area contributed by atoms with E-state index in [9.17, 15) is 9.59 Å². The summed E-state index contributed by atoms with van der Waals surface area (Å²) < 4.78 is 0. The average molecular weight is 449 g/mol. The van der Waals surface area contributed by atoms with Gasteiger partial charge in [0, 0.05) is 28.3 Å². The molecule has 1 aliphatic rings. The number of ketones is 1. The van der Waals surface area contributed by atoms with Gasteiger partial charge in [-0.2, -0.15) is 0 Å². The first-order chi connectivity index (χ1) is 15.3. The predicted molar refractivity (Wildman–Crippen MR) is 125 cm³/mol. The molecule has 4 rings (SSSR count). The number of carbonyl (C=O) groups is 2. The zero-order valence-electron chi connectivity index (χ0n) is 18.0. The molecule has 1 unspecified atom stereocenters. The third kappa shape index (κ3) is 4.69. The van der Waals surface area contributed by atoms with E-state index in [1.165, 1.54) is 5.06 Å². The first-order valence-electron chi connectivity index (χ1n) is 10.5. The van der Waals surface area contributed by atoms with Gasteiger partial charge in [0.05, 0.1) is 6.04 Å². The second-order valence-corrected chi connectivity index (χ2v) is 8.81. The molecule has 3 aromatic rings. The Morgan fingerprint density at radius 1 is 1.00 bits per heavy atom. The van der Waals surface area contributed by atoms with Gasteiger partial charge in [0.15, 0.2) is 5.78 Å². The number of para-hydroxylation sites is 1. The lowest BCUT2D eigenvalue weighted by atomic mass is 9.96. The number of amides is 1. The Bertz CT molecular complexity index is 1110. The van der Waals surface area contributed by atoms with Crippen LogP contribution in [0, 0.1) is 0 Å². The number of carbonyl (C=O) groups excluding carboxylic acids is 2. The van der Waals surface area contributed by atoms with E-state index in [4.69, 9.17) is 16.4 Å². The summed E-state index contributed by atoms with van der Waals surface area (Å²) in [6.45, 7) is 3.85. The van der Waals surface area contributed by atoms with Crippen molar-refractivity contribution in [3.8, 4) is 0 Å². The molecule has 1 aliphatic heterocycles. The van der Waals surface area contributed by atoms with Crippen molar-refractivity contribution in [3.63, 3.8) is 0 Å². The van der Waals surface area contributed by atoms with Crippen LogP contribution >= 0.6 is 11.6 Å². The fourth-order valence-corrected chi connectivity index (χ4v) is 3.95. The van der Waals surface area contributed by atoms with Crippen LogP contribution in [0.4, 0.5) is 5.69 Å². The van der Waals surface area contributed by atoms with Crippen molar-refractivity contribution >= 4 is 29.0 Å². The van der Waals surface area contributed by atoms with E-state index in [-0.39, 0.29) is 24.7 Å². The highest BCUT2D eigenvalue weighted by Gasteiger charge is 2.42. The van der Waals surface area contributed by atoms with Crippen LogP contribution in [0.15, 0.2) is 78.9 Å². The minimum atomic E-state index is -0.912. The molecule has 1 amide bonds. The number of hydroxylamine groups is 2. The normalized spacial score (nSPS) is 17.3. The molecule has 1 atom stereocenters. The van der Waals surface area contributed by atoms with Gasteiger partial charge < -0.3 is 5.32 Å². The molecule has 5 nitrogen and oxygen atoms in total. The van der Waals surface area contributed by atoms with Crippen molar-refractivity contribution in [2.24, 2.45) is 0 Å². The minimum absolute atomic E-state index is 0.0803. The molecule has 0 aromatic heterocycles. The lowest BCUT2D eigenvalue weighted by Gasteiger charge is -2.33. The number of Topliss-reactive ketones (excluding diaryl/α,β-unsaturated/α-hetero) is 1. The Morgan fingerprint density at radius 2 is 1.66 bits per heavy atom. The van der Waals surface area contributed by atoms with E-state index < -0.39 is 11.6 Å². The topological polar surface area (TPSA) is 58.6 Å². The maximum Gasteiger partial charge on any atom is 0.271 e. The van der Waals surface area contributed by atoms with Gasteiger partial charge in [0.1, 0.15) is 12.1 Å². The van der Waals surface area contributed by atoms with Crippen molar-refractivity contribution < 1.29 is 14.4 Å². The Hall–Kier alpha value is -3.15. The Balaban J connectivity index is 1.71. The van der Waals surface area contributed by atoms with E-state index in [1.54, 1.807) is 24.3 Å². The van der Waals surface area contributed by atoms with E-state index in [2.05, 4.69) is 5.32 Å². The highest BCUT2D eigenvalue weighted by Crippen LogP contribution is 2.38. The zero-order chi connectivity index (χ0) is 22.7. The SMILES string of the molecule is CC1(C)Nc2ccccc2C(CC(=O)c2ccc(Cl)cc2)N(OCc2ccccc2)C1=O. The van der Waals surface area contributed by atoms with Crippen molar-refractivity contribution in [2.45, 2.75) is 38.5 Å². The molecule has 0 bridgehead atoms. The van der Waals surface area contributed by atoms with E-state index in [0.717, 1.165) is 16.8 Å². The third-order valence-corrected chi connectivity index (χ3v) is 5.79. The van der Waals surface area contributed by atoms with Crippen LogP contribution in [0.1, 0.15) is 47.8 Å². The Kier molecular flexibility index (Phi) is 6.31. The molecule has 0 saturated carbocycles. The van der Waals surface area contributed by atoms with Crippen LogP contribution in [-0.4, -0.2) is 22.3 Å². The van der Waals surface area contributed by atoms with Crippen LogP contribution in [0.5, 0.6) is 0 Å². The molecule has 0 saturated heterocycles. The lowest BCUT2D eigenvalue weighted by molar-refractivity contribution is -0.209. The van der Waals surface area contributed by atoms with Gasteiger partial charge in [0.2, 0.25) is 0 Å². The predicted octanol–water partition coefficient (Wildman–Crippen LogP) is 5.82. The Morgan fingerprint density at radius 3 is 2.38 bits per heavy atom. The molecule has 3 aromatic carbocycles. The van der Waals surface area contributed by atoms with Crippen LogP contribution in [0.25, 0.3) is 0 Å². The van der Waals surface area contributed by atoms with Crippen LogP contribution < -0.4 is 5.32 Å². The van der Waals surface area contributed by atoms with E-state index in [0.29, 0.717) is 10.6 Å². The van der Waals surface area contributed by atoms with Crippen LogP contribution in [0.2, 0.25) is 5.02 Å². The number of nitrogens with zero attached hydrogens (tertiary/aromatic N) is 1. The zero-order valence-corrected chi connectivity index (χ0v) is 18.8. The van der Waals surface area contributed by atoms with Gasteiger partial charge in [-0.05, 0) is 49.7 Å². The summed E-state index contributed by atoms with van der Waals surface area (Å²) in [7, 11) is 0. The largest absolute Gasteiger partial charge is 0.371 e. The second kappa shape index (κ2) is 9.15. The summed E-state index contributed by atoms with van der Waals surface area (Å²) in [4.78, 5) is 32.8. The van der Waals surface area contributed by atoms with Crippen molar-refractivity contribution in [1.29, 1.82) is 0 Å². The summed E-state index contributed by atoms with van der Waals surface area (Å²) in [5.74, 6) is -0.333. The van der Waals surface area contributed by atoms with Crippen LogP contribution in [0.3, 0.4) is 0 Å². The third-order valence-electron chi connectivity index (χ3n) is 5.54. The number of hydrogen-bond acceptors (Lipinski definition) is 4. The molecule has 0 spiro atoms. The van der Waals surface area contributed by atoms with E-state index >= 15 is 0 Å². The monoisotopic (exact) mass is 448 g/mol. The highest BCUT2D eigenvalue weighted by molar-refractivity contribution is 6.30. The smallest absolute Gasteiger partial charge is 0.271 e. The average Bonchev–Trinajstić information content (AvgIpc) is 2.86. The summed E-state index contributed by atoms with van der Waals surface area (Å²) in [6.07, 6.45) is 0.0803. The fraction of sp³-hybridized carbons (Fsp3) is 0.231. The molecule has 32 heavy (non-hydrogen) atoms. The van der Waals surface area contributed by atoms with Crippen molar-refractivity contribution in [2.75, 3.05) is 5.32 Å². The number of rotatable bonds is 6. The van der Waals surface area contributed by atoms with Gasteiger partial charge in [-0.1, -0.05) is 60.1 Å². The summed E-state index contributed by atoms with van der Waals surface area (Å²) in [5.41, 5.74) is 2.21. The number of hydrogen-bond donors (Lipinski definition) is 1. The number of nitrogens with one attached hydrogen (secondary N) is 1. The summed E-state index contributed by atoms with van der Waals surface area (Å²) >= 11 is 5.98. The van der Waals surface area contributed by atoms with Gasteiger partial charge in [-0.15, -0.1) is 0 Å². The van der Waals surface area contributed by atoms with Gasteiger partial charge >= 0.3 is 0 Å². The first kappa shape index (κ1) is 22.1. The molecule has 1 heterocycles. The molecule has 6 heteroatoms. The van der Waals surface area contributed by atoms with Gasteiger partial charge in [-0.3, -0.25) is 14.4 Å². The van der Waals surface area contributed by atoms with E-state index in [1.807, 2.05) is 68.4 Å². The standard InChI is InChI=1S/C26H25ClN2O3/c1-26(2)25(31)29(32-17-18-8-4-3-5-9-18)23(21-10-6-7-11-22(21)28-26)16-24(30)19-12-14-20(27)15-13-19/h3-15,23,28H,16-17H2,1-2H3. The molecular formula is C26H25ClN2O3. The molecular weight excluding hydrogens is 424 g/mol. The maximum absolute atomic E-state index is 13.5. The first-order valence-corrected chi connectivity index (χ1v) is 10.9. The summed E-state index contributed by atoms with van der Waals surface area (Å²) in [5, 5.41) is 5.27. The Labute approximate surface area is 192 Å². The van der Waals surface area contributed by atoms with Gasteiger partial charge in [0.25, 0.3) is 5.91 Å². The second-order valence-electron chi connectivity index (χ2n) is 8.38. The quantitative estimate of drug-likeness (QED) is 0.483. The molecule has 1 N–H and O–H groups in total. The summed E-state index contributed by atoms with van der Waals surface area (Å²) in [6, 6.07) is 23.5. The van der Waals surface area contributed by atoms with Gasteiger partial charge in [-0.25, -0.2) is 5.06 Å². The van der Waals surface area contributed by atoms with Crippen molar-refractivity contribution in [3.05, 3.63) is 101 Å². The highest BCUT2D eigenvalue weighted by atomic mass is 35.5. The number of benzene rings is 3. The van der Waals surface area contributed by atoms with Crippen LogP contribution in [-0.2, 0) is 16.2 Å². The number of halogens is 1. The molecule has 0 fully saturated rings. The fourth-order valence-electron chi connectivity index (χ4n) is 3.82. The maximum atomic E-state index is 13.5.